The minimum absolute atomic E-state index is 0.0809. The highest BCUT2D eigenvalue weighted by Gasteiger charge is 2.42. The molecule has 4 nitrogen and oxygen atoms in total. The van der Waals surface area contributed by atoms with E-state index in [1.54, 1.807) is 0 Å². The van der Waals surface area contributed by atoms with Crippen molar-refractivity contribution in [1.82, 2.24) is 4.90 Å². The first kappa shape index (κ1) is 8.01. The molecule has 2 heterocycles. The summed E-state index contributed by atoms with van der Waals surface area (Å²) in [4.78, 5) is 13.1. The van der Waals surface area contributed by atoms with Crippen molar-refractivity contribution >= 4 is 5.91 Å². The molecule has 0 aliphatic carbocycles. The Balaban J connectivity index is 1.97. The molecule has 0 saturated carbocycles. The summed E-state index contributed by atoms with van der Waals surface area (Å²) in [6, 6.07) is 0.0232. The van der Waals surface area contributed by atoms with Gasteiger partial charge in [-0.2, -0.15) is 0 Å². The third-order valence-electron chi connectivity index (χ3n) is 2.73. The van der Waals surface area contributed by atoms with Crippen LogP contribution in [0.3, 0.4) is 0 Å². The molecule has 68 valence electrons. The van der Waals surface area contributed by atoms with Gasteiger partial charge in [-0.05, 0) is 13.3 Å². The lowest BCUT2D eigenvalue weighted by Crippen LogP contribution is -2.65. The zero-order chi connectivity index (χ0) is 8.72. The molecular weight excluding hydrogens is 156 g/mol. The van der Waals surface area contributed by atoms with Gasteiger partial charge in [0, 0.05) is 13.2 Å². The third-order valence-corrected chi connectivity index (χ3v) is 2.73. The molecule has 0 bridgehead atoms. The molecule has 2 saturated heterocycles. The Morgan fingerprint density at radius 3 is 2.83 bits per heavy atom. The van der Waals surface area contributed by atoms with Crippen molar-refractivity contribution in [2.75, 3.05) is 13.2 Å². The quantitative estimate of drug-likeness (QED) is 0.531. The van der Waals surface area contributed by atoms with Crippen LogP contribution in [0.5, 0.6) is 0 Å². The number of hydrogen-bond donors (Lipinski definition) is 1. The van der Waals surface area contributed by atoms with Gasteiger partial charge in [-0.3, -0.25) is 4.79 Å². The predicted octanol–water partition coefficient (Wildman–Crippen LogP) is -0.667. The first-order chi connectivity index (χ1) is 5.70. The lowest BCUT2D eigenvalue weighted by molar-refractivity contribution is -0.147. The highest BCUT2D eigenvalue weighted by molar-refractivity contribution is 5.88. The fraction of sp³-hybridized carbons (Fsp3) is 0.875. The van der Waals surface area contributed by atoms with Crippen molar-refractivity contribution < 1.29 is 9.53 Å². The van der Waals surface area contributed by atoms with Crippen LogP contribution in [0.1, 0.15) is 13.3 Å². The van der Waals surface area contributed by atoms with Crippen molar-refractivity contribution in [3.05, 3.63) is 0 Å². The maximum absolute atomic E-state index is 11.2. The van der Waals surface area contributed by atoms with E-state index < -0.39 is 0 Å². The Labute approximate surface area is 71.7 Å². The number of ether oxygens (including phenoxy) is 1. The number of nitrogens with two attached hydrogens (primary N) is 1. The summed E-state index contributed by atoms with van der Waals surface area (Å²) in [5, 5.41) is 0. The Morgan fingerprint density at radius 1 is 1.67 bits per heavy atom. The maximum Gasteiger partial charge on any atom is 0.241 e. The molecule has 12 heavy (non-hydrogen) atoms. The van der Waals surface area contributed by atoms with Gasteiger partial charge in [-0.25, -0.2) is 0 Å². The van der Waals surface area contributed by atoms with Gasteiger partial charge in [-0.15, -0.1) is 0 Å². The van der Waals surface area contributed by atoms with E-state index in [0.29, 0.717) is 6.54 Å². The Bertz CT molecular complexity index is 207. The lowest BCUT2D eigenvalue weighted by atomic mass is 10.0. The summed E-state index contributed by atoms with van der Waals surface area (Å²) in [5.74, 6) is 0.0809. The van der Waals surface area contributed by atoms with Crippen molar-refractivity contribution in [2.24, 2.45) is 5.73 Å². The largest absolute Gasteiger partial charge is 0.376 e. The number of rotatable bonds is 1. The summed E-state index contributed by atoms with van der Waals surface area (Å²) >= 11 is 0. The fourth-order valence-corrected chi connectivity index (χ4v) is 1.91. The molecular formula is C8H14N2O2. The zero-order valence-electron chi connectivity index (χ0n) is 7.19. The van der Waals surface area contributed by atoms with Gasteiger partial charge >= 0.3 is 0 Å². The van der Waals surface area contributed by atoms with Crippen LogP contribution in [-0.4, -0.2) is 42.1 Å². The third kappa shape index (κ3) is 1.03. The number of β-lactam (4-membered cyclic amide) rings is 1. The second-order valence-corrected chi connectivity index (χ2v) is 3.53. The standard InChI is InChI=1S/C8H14N2O2/c1-5-7(2-3-12-5)10-4-6(9)8(10)11/h5-7H,2-4,9H2,1H3. The van der Waals surface area contributed by atoms with Gasteiger partial charge in [0.1, 0.15) is 6.04 Å². The highest BCUT2D eigenvalue weighted by atomic mass is 16.5. The van der Waals surface area contributed by atoms with Gasteiger partial charge in [0.05, 0.1) is 12.1 Å². The van der Waals surface area contributed by atoms with Crippen LogP contribution in [-0.2, 0) is 9.53 Å². The van der Waals surface area contributed by atoms with Crippen molar-refractivity contribution in [1.29, 1.82) is 0 Å². The van der Waals surface area contributed by atoms with E-state index in [1.165, 1.54) is 0 Å². The molecule has 4 heteroatoms. The van der Waals surface area contributed by atoms with Gasteiger partial charge in [-0.1, -0.05) is 0 Å². The average Bonchev–Trinajstić information content (AvgIpc) is 2.46. The molecule has 2 rings (SSSR count). The fourth-order valence-electron chi connectivity index (χ4n) is 1.91. The molecule has 3 atom stereocenters. The first-order valence-corrected chi connectivity index (χ1v) is 4.38. The van der Waals surface area contributed by atoms with Crippen LogP contribution < -0.4 is 5.73 Å². The predicted molar refractivity (Wildman–Crippen MR) is 43.5 cm³/mol. The summed E-state index contributed by atoms with van der Waals surface area (Å²) in [7, 11) is 0. The van der Waals surface area contributed by atoms with Crippen LogP contribution in [0.2, 0.25) is 0 Å². The van der Waals surface area contributed by atoms with Crippen LogP contribution in [0.15, 0.2) is 0 Å². The van der Waals surface area contributed by atoms with E-state index in [-0.39, 0.29) is 24.1 Å². The van der Waals surface area contributed by atoms with Crippen molar-refractivity contribution in [3.63, 3.8) is 0 Å². The molecule has 0 aromatic carbocycles. The van der Waals surface area contributed by atoms with E-state index >= 15 is 0 Å². The Kier molecular flexibility index (Phi) is 1.81. The number of nitrogens with zero attached hydrogens (tertiary/aromatic N) is 1. The number of amides is 1. The highest BCUT2D eigenvalue weighted by Crippen LogP contribution is 2.24. The average molecular weight is 170 g/mol. The molecule has 2 N–H and O–H groups in total. The van der Waals surface area contributed by atoms with E-state index in [0.717, 1.165) is 13.0 Å². The van der Waals surface area contributed by atoms with Crippen molar-refractivity contribution in [2.45, 2.75) is 31.5 Å². The van der Waals surface area contributed by atoms with E-state index in [4.69, 9.17) is 10.5 Å². The van der Waals surface area contributed by atoms with E-state index in [2.05, 4.69) is 0 Å². The van der Waals surface area contributed by atoms with Crippen LogP contribution in [0.4, 0.5) is 0 Å². The smallest absolute Gasteiger partial charge is 0.241 e. The molecule has 1 amide bonds. The number of hydrogen-bond acceptors (Lipinski definition) is 3. The van der Waals surface area contributed by atoms with Gasteiger partial charge < -0.3 is 15.4 Å². The van der Waals surface area contributed by atoms with Gasteiger partial charge in [0.15, 0.2) is 0 Å². The zero-order valence-corrected chi connectivity index (χ0v) is 7.19. The minimum atomic E-state index is -0.252. The number of carbonyl (C=O) groups is 1. The molecule has 0 radical (unpaired) electrons. The second kappa shape index (κ2) is 2.71. The minimum Gasteiger partial charge on any atom is -0.376 e. The SMILES string of the molecule is CC1OCCC1N1CC(N)C1=O. The molecule has 0 aromatic heterocycles. The number of carbonyl (C=O) groups excluding carboxylic acids is 1. The molecule has 0 spiro atoms. The van der Waals surface area contributed by atoms with Crippen LogP contribution in [0, 0.1) is 0 Å². The van der Waals surface area contributed by atoms with Crippen molar-refractivity contribution in [3.8, 4) is 0 Å². The molecule has 3 unspecified atom stereocenters. The molecule has 0 aromatic rings. The first-order valence-electron chi connectivity index (χ1n) is 4.38. The summed E-state index contributed by atoms with van der Waals surface area (Å²) in [6.07, 6.45) is 1.14. The molecule has 2 aliphatic heterocycles. The summed E-state index contributed by atoms with van der Waals surface area (Å²) in [6.45, 7) is 3.48. The van der Waals surface area contributed by atoms with Gasteiger partial charge in [0.2, 0.25) is 5.91 Å². The van der Waals surface area contributed by atoms with E-state index in [9.17, 15) is 4.79 Å². The summed E-state index contributed by atoms with van der Waals surface area (Å²) in [5.41, 5.74) is 5.49. The van der Waals surface area contributed by atoms with E-state index in [1.807, 2.05) is 11.8 Å². The van der Waals surface area contributed by atoms with Crippen LogP contribution in [0.25, 0.3) is 0 Å². The Hall–Kier alpha value is -0.610. The maximum atomic E-state index is 11.2. The van der Waals surface area contributed by atoms with Gasteiger partial charge in [0.25, 0.3) is 0 Å². The molecule has 2 aliphatic rings. The summed E-state index contributed by atoms with van der Waals surface area (Å²) < 4.78 is 5.37. The van der Waals surface area contributed by atoms with Crippen LogP contribution >= 0.6 is 0 Å². The number of likely N-dealkylation sites (tertiary alicyclic amines) is 1. The second-order valence-electron chi connectivity index (χ2n) is 3.53. The topological polar surface area (TPSA) is 55.6 Å². The Morgan fingerprint density at radius 2 is 2.42 bits per heavy atom. The monoisotopic (exact) mass is 170 g/mol. The molecule has 2 fully saturated rings. The lowest BCUT2D eigenvalue weighted by Gasteiger charge is -2.41. The normalized spacial score (nSPS) is 41.7.